The first-order valence-electron chi connectivity index (χ1n) is 5.27. The van der Waals surface area contributed by atoms with E-state index in [1.807, 2.05) is 6.07 Å². The van der Waals surface area contributed by atoms with Gasteiger partial charge in [-0.25, -0.2) is 4.98 Å². The van der Waals surface area contributed by atoms with Gasteiger partial charge in [0.2, 0.25) is 0 Å². The molecule has 2 aromatic rings. The van der Waals surface area contributed by atoms with Gasteiger partial charge in [-0.3, -0.25) is 14.9 Å². The summed E-state index contributed by atoms with van der Waals surface area (Å²) < 4.78 is 4.82. The minimum Gasteiger partial charge on any atom is -0.466 e. The molecule has 0 fully saturated rings. The maximum atomic E-state index is 11.2. The van der Waals surface area contributed by atoms with Gasteiger partial charge >= 0.3 is 5.97 Å². The Kier molecular flexibility index (Phi) is 3.44. The number of esters is 1. The number of carbonyl (C=O) groups is 1. The molecule has 0 unspecified atom stereocenters. The number of ether oxygens (including phenoxy) is 1. The predicted molar refractivity (Wildman–Crippen MR) is 60.0 cm³/mol. The smallest absolute Gasteiger partial charge is 0.313 e. The summed E-state index contributed by atoms with van der Waals surface area (Å²) in [6, 6.07) is 3.65. The highest BCUT2D eigenvalue weighted by Crippen LogP contribution is 2.12. The van der Waals surface area contributed by atoms with Crippen molar-refractivity contribution >= 4 is 5.97 Å². The van der Waals surface area contributed by atoms with Gasteiger partial charge in [-0.15, -0.1) is 0 Å². The molecule has 2 rings (SSSR count). The normalized spacial score (nSPS) is 10.2. The molecule has 6 heteroatoms. The third kappa shape index (κ3) is 2.87. The van der Waals surface area contributed by atoms with E-state index in [4.69, 9.17) is 4.74 Å². The SMILES string of the molecule is CCOC(=O)Cc1nc(-c2cccnc2)n[nH]1. The van der Waals surface area contributed by atoms with E-state index in [-0.39, 0.29) is 12.4 Å². The van der Waals surface area contributed by atoms with Crippen molar-refractivity contribution in [1.29, 1.82) is 0 Å². The molecule has 0 radical (unpaired) electrons. The lowest BCUT2D eigenvalue weighted by atomic mass is 10.3. The first kappa shape index (κ1) is 11.3. The van der Waals surface area contributed by atoms with E-state index in [2.05, 4.69) is 20.2 Å². The molecule has 6 nitrogen and oxygen atoms in total. The number of aromatic nitrogens is 4. The number of rotatable bonds is 4. The number of H-pyrrole nitrogens is 1. The van der Waals surface area contributed by atoms with Crippen LogP contribution in [0.1, 0.15) is 12.7 Å². The minimum atomic E-state index is -0.318. The number of aromatic amines is 1. The van der Waals surface area contributed by atoms with Crippen molar-refractivity contribution in [3.8, 4) is 11.4 Å². The Hall–Kier alpha value is -2.24. The summed E-state index contributed by atoms with van der Waals surface area (Å²) in [5.74, 6) is 0.695. The fraction of sp³-hybridized carbons (Fsp3) is 0.273. The largest absolute Gasteiger partial charge is 0.466 e. The van der Waals surface area contributed by atoms with Crippen molar-refractivity contribution in [2.24, 2.45) is 0 Å². The van der Waals surface area contributed by atoms with Crippen LogP contribution in [0.15, 0.2) is 24.5 Å². The molecular weight excluding hydrogens is 220 g/mol. The molecule has 0 atom stereocenters. The number of pyridine rings is 1. The Labute approximate surface area is 98.1 Å². The fourth-order valence-corrected chi connectivity index (χ4v) is 1.35. The number of hydrogen-bond acceptors (Lipinski definition) is 5. The second-order valence-electron chi connectivity index (χ2n) is 3.33. The lowest BCUT2D eigenvalue weighted by Gasteiger charge is -1.97. The monoisotopic (exact) mass is 232 g/mol. The van der Waals surface area contributed by atoms with Crippen LogP contribution in [0.5, 0.6) is 0 Å². The summed E-state index contributed by atoms with van der Waals surface area (Å²) >= 11 is 0. The van der Waals surface area contributed by atoms with Crippen LogP contribution < -0.4 is 0 Å². The van der Waals surface area contributed by atoms with Crippen molar-refractivity contribution in [3.05, 3.63) is 30.4 Å². The molecule has 0 saturated carbocycles. The highest BCUT2D eigenvalue weighted by Gasteiger charge is 2.10. The van der Waals surface area contributed by atoms with Gasteiger partial charge in [-0.1, -0.05) is 0 Å². The van der Waals surface area contributed by atoms with E-state index in [9.17, 15) is 4.79 Å². The van der Waals surface area contributed by atoms with Gasteiger partial charge in [0.15, 0.2) is 5.82 Å². The second kappa shape index (κ2) is 5.20. The van der Waals surface area contributed by atoms with Crippen LogP contribution in [0.25, 0.3) is 11.4 Å². The maximum absolute atomic E-state index is 11.2. The van der Waals surface area contributed by atoms with Crippen LogP contribution in [-0.4, -0.2) is 32.7 Å². The number of nitrogens with one attached hydrogen (secondary N) is 1. The van der Waals surface area contributed by atoms with Crippen LogP contribution in [-0.2, 0) is 16.0 Å². The molecule has 1 N–H and O–H groups in total. The van der Waals surface area contributed by atoms with E-state index in [0.717, 1.165) is 5.56 Å². The standard InChI is InChI=1S/C11H12N4O2/c1-2-17-10(16)6-9-13-11(15-14-9)8-4-3-5-12-7-8/h3-5,7H,2,6H2,1H3,(H,13,14,15). The molecule has 0 aliphatic rings. The van der Waals surface area contributed by atoms with Crippen LogP contribution in [0.3, 0.4) is 0 Å². The molecule has 0 aliphatic heterocycles. The summed E-state index contributed by atoms with van der Waals surface area (Å²) in [6.07, 6.45) is 3.44. The van der Waals surface area contributed by atoms with Crippen LogP contribution in [0, 0.1) is 0 Å². The molecule has 0 aromatic carbocycles. The summed E-state index contributed by atoms with van der Waals surface area (Å²) in [4.78, 5) is 19.4. The lowest BCUT2D eigenvalue weighted by Crippen LogP contribution is -2.08. The molecule has 0 saturated heterocycles. The number of carbonyl (C=O) groups excluding carboxylic acids is 1. The summed E-state index contributed by atoms with van der Waals surface area (Å²) in [5.41, 5.74) is 0.804. The van der Waals surface area contributed by atoms with Gasteiger partial charge in [-0.2, -0.15) is 5.10 Å². The van der Waals surface area contributed by atoms with Crippen molar-refractivity contribution in [1.82, 2.24) is 20.2 Å². The third-order valence-corrected chi connectivity index (χ3v) is 2.07. The molecule has 17 heavy (non-hydrogen) atoms. The van der Waals surface area contributed by atoms with Crippen molar-refractivity contribution in [2.45, 2.75) is 13.3 Å². The van der Waals surface area contributed by atoms with E-state index in [1.165, 1.54) is 0 Å². The predicted octanol–water partition coefficient (Wildman–Crippen LogP) is 0.972. The summed E-state index contributed by atoms with van der Waals surface area (Å²) in [5, 5.41) is 6.72. The third-order valence-electron chi connectivity index (χ3n) is 2.07. The molecule has 88 valence electrons. The highest BCUT2D eigenvalue weighted by atomic mass is 16.5. The van der Waals surface area contributed by atoms with E-state index >= 15 is 0 Å². The lowest BCUT2D eigenvalue weighted by molar-refractivity contribution is -0.142. The Morgan fingerprint density at radius 2 is 2.41 bits per heavy atom. The van der Waals surface area contributed by atoms with Crippen LogP contribution in [0.4, 0.5) is 0 Å². The fourth-order valence-electron chi connectivity index (χ4n) is 1.35. The van der Waals surface area contributed by atoms with Crippen molar-refractivity contribution in [3.63, 3.8) is 0 Å². The summed E-state index contributed by atoms with van der Waals surface area (Å²) in [6.45, 7) is 2.13. The number of hydrogen-bond donors (Lipinski definition) is 1. The Morgan fingerprint density at radius 1 is 1.53 bits per heavy atom. The van der Waals surface area contributed by atoms with E-state index in [1.54, 1.807) is 25.4 Å². The number of nitrogens with zero attached hydrogens (tertiary/aromatic N) is 3. The first-order valence-corrected chi connectivity index (χ1v) is 5.27. The van der Waals surface area contributed by atoms with E-state index < -0.39 is 0 Å². The molecule has 0 bridgehead atoms. The Balaban J connectivity index is 2.09. The van der Waals surface area contributed by atoms with Gasteiger partial charge in [0.25, 0.3) is 0 Å². The van der Waals surface area contributed by atoms with Gasteiger partial charge in [-0.05, 0) is 19.1 Å². The average Bonchev–Trinajstić information content (AvgIpc) is 2.79. The zero-order chi connectivity index (χ0) is 12.1. The molecule has 0 aliphatic carbocycles. The van der Waals surface area contributed by atoms with E-state index in [0.29, 0.717) is 18.3 Å². The topological polar surface area (TPSA) is 80.8 Å². The van der Waals surface area contributed by atoms with Gasteiger partial charge in [0, 0.05) is 18.0 Å². The van der Waals surface area contributed by atoms with Crippen LogP contribution in [0.2, 0.25) is 0 Å². The highest BCUT2D eigenvalue weighted by molar-refractivity contribution is 5.71. The molecule has 0 amide bonds. The molecule has 2 aromatic heterocycles. The zero-order valence-corrected chi connectivity index (χ0v) is 9.38. The second-order valence-corrected chi connectivity index (χ2v) is 3.33. The Bertz CT molecular complexity index is 495. The zero-order valence-electron chi connectivity index (χ0n) is 9.38. The molecular formula is C11H12N4O2. The molecule has 2 heterocycles. The first-order chi connectivity index (χ1) is 8.29. The maximum Gasteiger partial charge on any atom is 0.313 e. The average molecular weight is 232 g/mol. The minimum absolute atomic E-state index is 0.0983. The van der Waals surface area contributed by atoms with Crippen molar-refractivity contribution in [2.75, 3.05) is 6.61 Å². The van der Waals surface area contributed by atoms with Crippen LogP contribution >= 0.6 is 0 Å². The van der Waals surface area contributed by atoms with Gasteiger partial charge in [0.1, 0.15) is 12.2 Å². The summed E-state index contributed by atoms with van der Waals surface area (Å²) in [7, 11) is 0. The quantitative estimate of drug-likeness (QED) is 0.794. The molecule has 0 spiro atoms. The Morgan fingerprint density at radius 3 is 3.12 bits per heavy atom. The van der Waals surface area contributed by atoms with Gasteiger partial charge in [0.05, 0.1) is 6.61 Å². The van der Waals surface area contributed by atoms with Gasteiger partial charge < -0.3 is 4.74 Å². The van der Waals surface area contributed by atoms with Crippen molar-refractivity contribution < 1.29 is 9.53 Å².